The van der Waals surface area contributed by atoms with Gasteiger partial charge in [-0.2, -0.15) is 3.89 Å². The lowest BCUT2D eigenvalue weighted by molar-refractivity contribution is -0.142. The Morgan fingerprint density at radius 1 is 1.35 bits per heavy atom. The molecule has 4 nitrogen and oxygen atoms in total. The van der Waals surface area contributed by atoms with Crippen molar-refractivity contribution in [1.29, 1.82) is 0 Å². The zero-order chi connectivity index (χ0) is 12.5. The fourth-order valence-corrected chi connectivity index (χ4v) is 2.90. The van der Waals surface area contributed by atoms with Crippen LogP contribution in [0.5, 0.6) is 0 Å². The van der Waals surface area contributed by atoms with E-state index >= 15 is 0 Å². The first kappa shape index (κ1) is 12.8. The first-order chi connectivity index (χ1) is 8.09. The molecule has 2 heterocycles. The Bertz CT molecular complexity index is 329. The van der Waals surface area contributed by atoms with Gasteiger partial charge in [0.15, 0.2) is 0 Å². The van der Waals surface area contributed by atoms with Crippen LogP contribution in [0.1, 0.15) is 19.3 Å². The van der Waals surface area contributed by atoms with E-state index in [1.165, 1.54) is 4.90 Å². The second-order valence-corrected chi connectivity index (χ2v) is 5.55. The molecule has 2 amide bonds. The summed E-state index contributed by atoms with van der Waals surface area (Å²) in [6.07, 6.45) is 1.80. The molecule has 0 atom stereocenters. The van der Waals surface area contributed by atoms with E-state index in [9.17, 15) is 13.5 Å². The summed E-state index contributed by atoms with van der Waals surface area (Å²) in [7, 11) is 2.02. The second-order valence-electron chi connectivity index (χ2n) is 4.92. The van der Waals surface area contributed by atoms with E-state index in [0.29, 0.717) is 6.42 Å². The molecule has 2 fully saturated rings. The van der Waals surface area contributed by atoms with Crippen LogP contribution in [0.2, 0.25) is 0 Å². The van der Waals surface area contributed by atoms with Crippen molar-refractivity contribution in [2.24, 2.45) is 5.41 Å². The first-order valence-corrected chi connectivity index (χ1v) is 6.74. The average molecular weight is 260 g/mol. The van der Waals surface area contributed by atoms with E-state index in [1.807, 2.05) is 7.05 Å². The number of likely N-dealkylation sites (tertiary alicyclic amines) is 2. The van der Waals surface area contributed by atoms with E-state index in [1.54, 1.807) is 0 Å². The maximum atomic E-state index is 12.3. The van der Waals surface area contributed by atoms with Gasteiger partial charge in [0.2, 0.25) is 11.8 Å². The largest absolute Gasteiger partial charge is 0.306 e. The third-order valence-corrected chi connectivity index (χ3v) is 4.16. The molecule has 96 valence electrons. The number of carbonyl (C=O) groups is 2. The van der Waals surface area contributed by atoms with Crippen molar-refractivity contribution in [2.45, 2.75) is 19.3 Å². The van der Waals surface area contributed by atoms with E-state index in [2.05, 4.69) is 4.90 Å². The highest BCUT2D eigenvalue weighted by molar-refractivity contribution is 7.94. The van der Waals surface area contributed by atoms with Crippen LogP contribution in [0, 0.1) is 5.41 Å². The number of nitrogens with zero attached hydrogens (tertiary/aromatic N) is 2. The maximum Gasteiger partial charge on any atom is 0.236 e. The lowest BCUT2D eigenvalue weighted by Gasteiger charge is -2.35. The van der Waals surface area contributed by atoms with E-state index in [-0.39, 0.29) is 36.3 Å². The highest BCUT2D eigenvalue weighted by Gasteiger charge is 2.51. The van der Waals surface area contributed by atoms with E-state index in [0.717, 1.165) is 25.9 Å². The Hall–Kier alpha value is -0.620. The van der Waals surface area contributed by atoms with Crippen molar-refractivity contribution in [3.05, 3.63) is 0 Å². The lowest BCUT2D eigenvalue weighted by Crippen LogP contribution is -2.43. The van der Waals surface area contributed by atoms with Crippen molar-refractivity contribution in [3.8, 4) is 0 Å². The molecular weight excluding hydrogens is 243 g/mol. The summed E-state index contributed by atoms with van der Waals surface area (Å²) in [6, 6.07) is 0. The molecule has 2 aliphatic heterocycles. The number of hydrogen-bond acceptors (Lipinski definition) is 4. The third kappa shape index (κ3) is 2.33. The highest BCUT2D eigenvalue weighted by Crippen LogP contribution is 2.41. The number of imide groups is 1. The Morgan fingerprint density at radius 3 is 2.59 bits per heavy atom. The van der Waals surface area contributed by atoms with Crippen LogP contribution in [0.3, 0.4) is 0 Å². The van der Waals surface area contributed by atoms with Crippen molar-refractivity contribution >= 4 is 24.0 Å². The van der Waals surface area contributed by atoms with Crippen LogP contribution in [0.25, 0.3) is 0 Å². The zero-order valence-corrected chi connectivity index (χ0v) is 10.8. The van der Waals surface area contributed by atoms with Gasteiger partial charge in [-0.1, -0.05) is 0 Å². The van der Waals surface area contributed by atoms with Crippen molar-refractivity contribution < 1.29 is 13.5 Å². The van der Waals surface area contributed by atoms with Crippen LogP contribution in [0.4, 0.5) is 3.89 Å². The number of amides is 2. The average Bonchev–Trinajstić information content (AvgIpc) is 2.54. The van der Waals surface area contributed by atoms with Gasteiger partial charge in [0.05, 0.1) is 5.41 Å². The molecule has 0 aromatic rings. The van der Waals surface area contributed by atoms with Gasteiger partial charge in [0.1, 0.15) is 0 Å². The summed E-state index contributed by atoms with van der Waals surface area (Å²) in [6.45, 7) is 1.91. The molecule has 0 radical (unpaired) electrons. The van der Waals surface area contributed by atoms with Gasteiger partial charge in [-0.3, -0.25) is 14.5 Å². The Labute approximate surface area is 105 Å². The van der Waals surface area contributed by atoms with Gasteiger partial charge < -0.3 is 4.90 Å². The Morgan fingerprint density at radius 2 is 2.00 bits per heavy atom. The summed E-state index contributed by atoms with van der Waals surface area (Å²) >= 11 is 0.174. The standard InChI is InChI=1S/C11H17FN2O2S/c1-13-4-2-11(3-5-13)8-9(15)14(10(11)16)6-7-17-12/h2-8H2,1H3. The van der Waals surface area contributed by atoms with Gasteiger partial charge in [-0.05, 0) is 33.0 Å². The summed E-state index contributed by atoms with van der Waals surface area (Å²) in [5.41, 5.74) is -0.482. The first-order valence-electron chi connectivity index (χ1n) is 5.86. The fraction of sp³-hybridized carbons (Fsp3) is 0.818. The minimum absolute atomic E-state index is 0.0790. The van der Waals surface area contributed by atoms with Crippen LogP contribution in [-0.2, 0) is 9.59 Å². The minimum Gasteiger partial charge on any atom is -0.306 e. The normalized spacial score (nSPS) is 24.9. The van der Waals surface area contributed by atoms with Crippen molar-refractivity contribution in [2.75, 3.05) is 32.4 Å². The zero-order valence-electron chi connectivity index (χ0n) is 9.95. The fourth-order valence-electron chi connectivity index (χ4n) is 2.65. The van der Waals surface area contributed by atoms with Crippen LogP contribution in [0.15, 0.2) is 0 Å². The molecule has 0 aliphatic carbocycles. The highest BCUT2D eigenvalue weighted by atomic mass is 32.2. The Balaban J connectivity index is 2.06. The minimum atomic E-state index is -0.482. The number of halogens is 1. The van der Waals surface area contributed by atoms with Crippen LogP contribution in [-0.4, -0.2) is 54.0 Å². The van der Waals surface area contributed by atoms with Gasteiger partial charge in [-0.25, -0.2) is 0 Å². The smallest absolute Gasteiger partial charge is 0.236 e. The van der Waals surface area contributed by atoms with Gasteiger partial charge >= 0.3 is 0 Å². The number of carbonyl (C=O) groups excluding carboxylic acids is 2. The summed E-state index contributed by atoms with van der Waals surface area (Å²) in [4.78, 5) is 27.5. The molecule has 0 N–H and O–H groups in total. The summed E-state index contributed by atoms with van der Waals surface area (Å²) in [5, 5.41) is 0. The quantitative estimate of drug-likeness (QED) is 0.712. The Kier molecular flexibility index (Phi) is 3.73. The van der Waals surface area contributed by atoms with Crippen LogP contribution < -0.4 is 0 Å². The summed E-state index contributed by atoms with van der Waals surface area (Å²) in [5.74, 6) is -0.0359. The topological polar surface area (TPSA) is 40.6 Å². The second kappa shape index (κ2) is 4.94. The third-order valence-electron chi connectivity index (χ3n) is 3.83. The van der Waals surface area contributed by atoms with Crippen LogP contribution >= 0.6 is 12.1 Å². The molecule has 0 saturated carbocycles. The molecule has 6 heteroatoms. The van der Waals surface area contributed by atoms with Crippen molar-refractivity contribution in [3.63, 3.8) is 0 Å². The lowest BCUT2D eigenvalue weighted by atomic mass is 9.77. The van der Waals surface area contributed by atoms with E-state index in [4.69, 9.17) is 0 Å². The molecule has 17 heavy (non-hydrogen) atoms. The molecular formula is C11H17FN2O2S. The van der Waals surface area contributed by atoms with Gasteiger partial charge in [-0.15, -0.1) is 0 Å². The number of rotatable bonds is 3. The predicted molar refractivity (Wildman–Crippen MR) is 64.1 cm³/mol. The number of piperidine rings is 1. The van der Waals surface area contributed by atoms with Gasteiger partial charge in [0.25, 0.3) is 0 Å². The molecule has 0 bridgehead atoms. The molecule has 0 aromatic heterocycles. The van der Waals surface area contributed by atoms with Gasteiger partial charge in [0, 0.05) is 30.9 Å². The predicted octanol–water partition coefficient (Wildman–Crippen LogP) is 1.07. The monoisotopic (exact) mass is 260 g/mol. The molecule has 2 aliphatic rings. The molecule has 1 spiro atoms. The molecule has 0 unspecified atom stereocenters. The molecule has 2 saturated heterocycles. The molecule has 2 rings (SSSR count). The van der Waals surface area contributed by atoms with Crippen molar-refractivity contribution in [1.82, 2.24) is 9.80 Å². The van der Waals surface area contributed by atoms with E-state index < -0.39 is 5.41 Å². The summed E-state index contributed by atoms with van der Waals surface area (Å²) < 4.78 is 12.0. The SMILES string of the molecule is CN1CCC2(CC1)CC(=O)N(CCSF)C2=O. The number of hydrogen-bond donors (Lipinski definition) is 0. The maximum absolute atomic E-state index is 12.3. The molecule has 0 aromatic carbocycles.